The van der Waals surface area contributed by atoms with Crippen molar-refractivity contribution in [2.75, 3.05) is 31.7 Å². The van der Waals surface area contributed by atoms with Crippen molar-refractivity contribution >= 4 is 42.6 Å². The van der Waals surface area contributed by atoms with Gasteiger partial charge in [0.2, 0.25) is 10.0 Å². The first-order valence-corrected chi connectivity index (χ1v) is 12.5. The maximum Gasteiger partial charge on any atom is 0.257 e. The molecule has 5 rings (SSSR count). The smallest absolute Gasteiger partial charge is 0.257 e. The number of sulfonamides is 1. The van der Waals surface area contributed by atoms with Crippen LogP contribution in [0.25, 0.3) is 10.2 Å². The van der Waals surface area contributed by atoms with Gasteiger partial charge < -0.3 is 14.2 Å². The molecule has 0 bridgehead atoms. The molecule has 2 N–H and O–H groups in total. The van der Waals surface area contributed by atoms with E-state index in [1.54, 1.807) is 6.07 Å². The second kappa shape index (κ2) is 8.66. The third-order valence-corrected chi connectivity index (χ3v) is 7.60. The van der Waals surface area contributed by atoms with E-state index in [4.69, 9.17) is 14.2 Å². The molecule has 1 atom stereocenters. The Morgan fingerprint density at radius 3 is 2.56 bits per heavy atom. The zero-order valence-electron chi connectivity index (χ0n) is 17.0. The molecule has 1 unspecified atom stereocenters. The fourth-order valence-corrected chi connectivity index (χ4v) is 5.50. The monoisotopic (exact) mass is 475 g/mol. The number of aromatic nitrogens is 1. The van der Waals surface area contributed by atoms with Gasteiger partial charge in [-0.25, -0.2) is 18.1 Å². The number of ether oxygens (including phenoxy) is 3. The van der Waals surface area contributed by atoms with Gasteiger partial charge in [-0.3, -0.25) is 10.1 Å². The van der Waals surface area contributed by atoms with E-state index in [-0.39, 0.29) is 23.5 Å². The second-order valence-corrected chi connectivity index (χ2v) is 10.2. The summed E-state index contributed by atoms with van der Waals surface area (Å²) in [5, 5.41) is 3.20. The van der Waals surface area contributed by atoms with Crippen molar-refractivity contribution in [3.63, 3.8) is 0 Å². The Kier molecular flexibility index (Phi) is 5.72. The molecule has 2 aromatic carbocycles. The molecule has 1 fully saturated rings. The van der Waals surface area contributed by atoms with Crippen LogP contribution in [0.4, 0.5) is 5.13 Å². The minimum absolute atomic E-state index is 0.0905. The summed E-state index contributed by atoms with van der Waals surface area (Å²) >= 11 is 1.32. The minimum atomic E-state index is -3.67. The summed E-state index contributed by atoms with van der Waals surface area (Å²) in [4.78, 5) is 17.2. The first-order valence-electron chi connectivity index (χ1n) is 10.2. The lowest BCUT2D eigenvalue weighted by Gasteiger charge is -2.17. The van der Waals surface area contributed by atoms with Crippen LogP contribution in [-0.2, 0) is 14.8 Å². The SMILES string of the molecule is O=C(Nc1nc2cc3c(cc2s1)OCCO3)c1ccc(S(=O)(=O)NCC2CCCO2)cc1. The average molecular weight is 476 g/mol. The Morgan fingerprint density at radius 2 is 1.84 bits per heavy atom. The summed E-state index contributed by atoms with van der Waals surface area (Å²) in [6.07, 6.45) is 1.69. The van der Waals surface area contributed by atoms with Gasteiger partial charge in [-0.05, 0) is 37.1 Å². The van der Waals surface area contributed by atoms with Crippen LogP contribution in [0.15, 0.2) is 41.3 Å². The predicted octanol–water partition coefficient (Wildman–Crippen LogP) is 2.78. The number of carbonyl (C=O) groups is 1. The van der Waals surface area contributed by atoms with Crippen LogP contribution in [0.5, 0.6) is 11.5 Å². The number of rotatable bonds is 6. The van der Waals surface area contributed by atoms with Gasteiger partial charge in [-0.2, -0.15) is 0 Å². The van der Waals surface area contributed by atoms with E-state index in [0.717, 1.165) is 17.5 Å². The average Bonchev–Trinajstić information content (AvgIpc) is 3.45. The predicted molar refractivity (Wildman–Crippen MR) is 119 cm³/mol. The van der Waals surface area contributed by atoms with E-state index in [2.05, 4.69) is 15.0 Å². The summed E-state index contributed by atoms with van der Waals surface area (Å²) in [7, 11) is -3.67. The number of nitrogens with one attached hydrogen (secondary N) is 2. The molecule has 3 heterocycles. The maximum absolute atomic E-state index is 12.6. The van der Waals surface area contributed by atoms with Gasteiger partial charge in [0.15, 0.2) is 16.6 Å². The van der Waals surface area contributed by atoms with Crippen molar-refractivity contribution in [2.24, 2.45) is 0 Å². The Bertz CT molecular complexity index is 1210. The number of hydrogen-bond donors (Lipinski definition) is 2. The standard InChI is InChI=1S/C21H21N3O6S2/c25-20(24-21-23-16-10-17-18(11-19(16)31-21)30-9-8-29-17)13-3-5-15(6-4-13)32(26,27)22-12-14-2-1-7-28-14/h3-6,10-11,14,22H,1-2,7-9,12H2,(H,23,24,25). The first kappa shape index (κ1) is 21.1. The van der Waals surface area contributed by atoms with Crippen molar-refractivity contribution in [3.8, 4) is 11.5 Å². The summed E-state index contributed by atoms with van der Waals surface area (Å²) in [5.74, 6) is 0.921. The number of nitrogens with zero attached hydrogens (tertiary/aromatic N) is 1. The maximum atomic E-state index is 12.6. The molecular formula is C21H21N3O6S2. The number of carbonyl (C=O) groups excluding carboxylic acids is 1. The lowest BCUT2D eigenvalue weighted by Crippen LogP contribution is -2.31. The van der Waals surface area contributed by atoms with Crippen molar-refractivity contribution in [1.82, 2.24) is 9.71 Å². The Labute approximate surface area is 188 Å². The normalized spacial score (nSPS) is 18.1. The van der Waals surface area contributed by atoms with Gasteiger partial charge in [0.25, 0.3) is 5.91 Å². The molecule has 0 saturated carbocycles. The summed E-state index contributed by atoms with van der Waals surface area (Å²) in [6.45, 7) is 1.88. The van der Waals surface area contributed by atoms with E-state index in [1.165, 1.54) is 35.6 Å². The highest BCUT2D eigenvalue weighted by atomic mass is 32.2. The van der Waals surface area contributed by atoms with Gasteiger partial charge in [0, 0.05) is 30.8 Å². The fraction of sp³-hybridized carbons (Fsp3) is 0.333. The highest BCUT2D eigenvalue weighted by Crippen LogP contribution is 2.37. The van der Waals surface area contributed by atoms with Crippen LogP contribution in [-0.4, -0.2) is 51.8 Å². The lowest BCUT2D eigenvalue weighted by molar-refractivity contribution is 0.102. The van der Waals surface area contributed by atoms with Crippen LogP contribution in [0.3, 0.4) is 0 Å². The highest BCUT2D eigenvalue weighted by molar-refractivity contribution is 7.89. The quantitative estimate of drug-likeness (QED) is 0.563. The summed E-state index contributed by atoms with van der Waals surface area (Å²) in [6, 6.07) is 9.41. The van der Waals surface area contributed by atoms with Gasteiger partial charge >= 0.3 is 0 Å². The lowest BCUT2D eigenvalue weighted by atomic mass is 10.2. The molecule has 2 aliphatic rings. The van der Waals surface area contributed by atoms with Crippen molar-refractivity contribution < 1.29 is 27.4 Å². The molecule has 0 aliphatic carbocycles. The molecular weight excluding hydrogens is 454 g/mol. The molecule has 3 aromatic rings. The zero-order chi connectivity index (χ0) is 22.1. The van der Waals surface area contributed by atoms with Gasteiger partial charge in [0.1, 0.15) is 13.2 Å². The molecule has 9 nitrogen and oxygen atoms in total. The van der Waals surface area contributed by atoms with E-state index in [0.29, 0.717) is 47.5 Å². The molecule has 1 aromatic heterocycles. The molecule has 1 amide bonds. The van der Waals surface area contributed by atoms with Crippen molar-refractivity contribution in [2.45, 2.75) is 23.8 Å². The Balaban J connectivity index is 1.26. The second-order valence-electron chi connectivity index (χ2n) is 7.45. The van der Waals surface area contributed by atoms with Crippen LogP contribution < -0.4 is 19.5 Å². The van der Waals surface area contributed by atoms with Gasteiger partial charge in [-0.1, -0.05) is 11.3 Å². The third kappa shape index (κ3) is 4.42. The number of benzene rings is 2. The summed E-state index contributed by atoms with van der Waals surface area (Å²) < 4.78 is 45.0. The largest absolute Gasteiger partial charge is 0.486 e. The molecule has 1 saturated heterocycles. The zero-order valence-corrected chi connectivity index (χ0v) is 18.6. The molecule has 168 valence electrons. The van der Waals surface area contributed by atoms with Gasteiger partial charge in [0.05, 0.1) is 21.2 Å². The third-order valence-electron chi connectivity index (χ3n) is 5.22. The topological polar surface area (TPSA) is 116 Å². The number of fused-ring (bicyclic) bond motifs is 2. The van der Waals surface area contributed by atoms with Crippen LogP contribution in [0, 0.1) is 0 Å². The van der Waals surface area contributed by atoms with Crippen LogP contribution in [0.2, 0.25) is 0 Å². The summed E-state index contributed by atoms with van der Waals surface area (Å²) in [5.41, 5.74) is 1.03. The molecule has 2 aliphatic heterocycles. The van der Waals surface area contributed by atoms with Crippen molar-refractivity contribution in [1.29, 1.82) is 0 Å². The number of hydrogen-bond acceptors (Lipinski definition) is 8. The number of anilines is 1. The number of amides is 1. The molecule has 0 radical (unpaired) electrons. The van der Waals surface area contributed by atoms with Crippen LogP contribution in [0.1, 0.15) is 23.2 Å². The van der Waals surface area contributed by atoms with E-state index < -0.39 is 10.0 Å². The van der Waals surface area contributed by atoms with Crippen LogP contribution >= 0.6 is 11.3 Å². The number of thiazole rings is 1. The Hall–Kier alpha value is -2.73. The van der Waals surface area contributed by atoms with E-state index >= 15 is 0 Å². The fourth-order valence-electron chi connectivity index (χ4n) is 3.56. The van der Waals surface area contributed by atoms with E-state index in [9.17, 15) is 13.2 Å². The van der Waals surface area contributed by atoms with Gasteiger partial charge in [-0.15, -0.1) is 0 Å². The van der Waals surface area contributed by atoms with Crippen molar-refractivity contribution in [3.05, 3.63) is 42.0 Å². The first-order chi connectivity index (χ1) is 15.5. The highest BCUT2D eigenvalue weighted by Gasteiger charge is 2.21. The molecule has 11 heteroatoms. The molecule has 32 heavy (non-hydrogen) atoms. The Morgan fingerprint density at radius 1 is 1.09 bits per heavy atom. The molecule has 0 spiro atoms. The van der Waals surface area contributed by atoms with E-state index in [1.807, 2.05) is 6.07 Å². The minimum Gasteiger partial charge on any atom is -0.486 e.